The average molecular weight is 330 g/mol. The monoisotopic (exact) mass is 330 g/mol. The van der Waals surface area contributed by atoms with Crippen LogP contribution in [0.3, 0.4) is 0 Å². The van der Waals surface area contributed by atoms with Gasteiger partial charge in [0.25, 0.3) is 0 Å². The van der Waals surface area contributed by atoms with Crippen molar-refractivity contribution >= 4 is 23.5 Å². The molecule has 3 rings (SSSR count). The first-order valence-electron chi connectivity index (χ1n) is 7.51. The van der Waals surface area contributed by atoms with Crippen LogP contribution in [0.2, 0.25) is 0 Å². The second kappa shape index (κ2) is 7.94. The third-order valence-electron chi connectivity index (χ3n) is 3.35. The van der Waals surface area contributed by atoms with E-state index in [1.54, 1.807) is 18.5 Å². The Bertz CT molecular complexity index is 648. The van der Waals surface area contributed by atoms with Gasteiger partial charge in [0.05, 0.1) is 6.10 Å². The van der Waals surface area contributed by atoms with Crippen LogP contribution < -0.4 is 10.6 Å². The first-order chi connectivity index (χ1) is 11.3. The number of ether oxygens (including phenoxy) is 1. The lowest BCUT2D eigenvalue weighted by Gasteiger charge is -2.12. The number of carbonyl (C=O) groups is 1. The van der Waals surface area contributed by atoms with Gasteiger partial charge in [-0.2, -0.15) is 0 Å². The molecule has 6 nitrogen and oxygen atoms in total. The number of hydrogen-bond donors (Lipinski definition) is 2. The number of nitrogens with zero attached hydrogens (tertiary/aromatic N) is 2. The molecule has 0 radical (unpaired) electrons. The van der Waals surface area contributed by atoms with Crippen molar-refractivity contribution in [3.8, 4) is 0 Å². The van der Waals surface area contributed by atoms with Crippen molar-refractivity contribution in [2.75, 3.05) is 18.5 Å². The van der Waals surface area contributed by atoms with Gasteiger partial charge < -0.3 is 15.4 Å². The minimum absolute atomic E-state index is 0.133. The fourth-order valence-corrected chi connectivity index (χ4v) is 3.02. The molecule has 2 aromatic heterocycles. The van der Waals surface area contributed by atoms with Crippen LogP contribution in [-0.2, 0) is 4.74 Å². The van der Waals surface area contributed by atoms with E-state index in [0.717, 1.165) is 29.5 Å². The summed E-state index contributed by atoms with van der Waals surface area (Å²) in [5, 5.41) is 7.28. The van der Waals surface area contributed by atoms with Gasteiger partial charge in [0.15, 0.2) is 0 Å². The Balaban J connectivity index is 1.53. The molecule has 7 heteroatoms. The van der Waals surface area contributed by atoms with Crippen molar-refractivity contribution in [3.63, 3.8) is 0 Å². The molecule has 1 atom stereocenters. The molecule has 2 amide bonds. The summed E-state index contributed by atoms with van der Waals surface area (Å²) in [6, 6.07) is 9.06. The Hall–Kier alpha value is -2.12. The normalized spacial score (nSPS) is 17.0. The summed E-state index contributed by atoms with van der Waals surface area (Å²) < 4.78 is 5.48. The molecule has 1 aliphatic rings. The molecule has 0 bridgehead atoms. The van der Waals surface area contributed by atoms with Gasteiger partial charge in [-0.3, -0.25) is 0 Å². The van der Waals surface area contributed by atoms with Gasteiger partial charge in [-0.1, -0.05) is 17.8 Å². The highest BCUT2D eigenvalue weighted by Crippen LogP contribution is 2.25. The summed E-state index contributed by atoms with van der Waals surface area (Å²) in [5.74, 6) is 0. The summed E-state index contributed by atoms with van der Waals surface area (Å²) in [7, 11) is 0. The molecule has 1 aliphatic heterocycles. The first-order valence-corrected chi connectivity index (χ1v) is 8.32. The van der Waals surface area contributed by atoms with E-state index >= 15 is 0 Å². The van der Waals surface area contributed by atoms with E-state index in [1.165, 1.54) is 11.8 Å². The topological polar surface area (TPSA) is 76.1 Å². The number of anilines is 1. The molecule has 3 heterocycles. The fourth-order valence-electron chi connectivity index (χ4n) is 2.24. The standard InChI is InChI=1S/C16H18N4O2S/c21-16(19-11-13-4-3-9-22-13)20-12-6-8-18-15(10-12)23-14-5-1-2-7-17-14/h1-2,5-8,10,13H,3-4,9,11H2,(H2,18,19,20,21). The number of rotatable bonds is 5. The Morgan fingerprint density at radius 1 is 1.26 bits per heavy atom. The molecule has 1 unspecified atom stereocenters. The highest BCUT2D eigenvalue weighted by atomic mass is 32.2. The van der Waals surface area contributed by atoms with Crippen LogP contribution in [0.5, 0.6) is 0 Å². The van der Waals surface area contributed by atoms with Gasteiger partial charge in [-0.25, -0.2) is 14.8 Å². The molecule has 0 aromatic carbocycles. The summed E-state index contributed by atoms with van der Waals surface area (Å²) >= 11 is 1.45. The van der Waals surface area contributed by atoms with Crippen LogP contribution >= 0.6 is 11.8 Å². The maximum absolute atomic E-state index is 11.9. The predicted molar refractivity (Wildman–Crippen MR) is 88.6 cm³/mol. The van der Waals surface area contributed by atoms with Crippen LogP contribution in [0, 0.1) is 0 Å². The predicted octanol–water partition coefficient (Wildman–Crippen LogP) is 2.93. The number of nitrogens with one attached hydrogen (secondary N) is 2. The van der Waals surface area contributed by atoms with E-state index in [0.29, 0.717) is 12.2 Å². The van der Waals surface area contributed by atoms with Gasteiger partial charge in [0, 0.05) is 31.2 Å². The van der Waals surface area contributed by atoms with Gasteiger partial charge in [0.1, 0.15) is 10.1 Å². The third kappa shape index (κ3) is 4.94. The van der Waals surface area contributed by atoms with Crippen molar-refractivity contribution in [2.45, 2.75) is 29.0 Å². The highest BCUT2D eigenvalue weighted by molar-refractivity contribution is 7.99. The van der Waals surface area contributed by atoms with Crippen molar-refractivity contribution in [3.05, 3.63) is 42.7 Å². The molecule has 0 saturated carbocycles. The second-order valence-corrected chi connectivity index (χ2v) is 6.16. The molecule has 2 N–H and O–H groups in total. The Labute approximate surface area is 139 Å². The van der Waals surface area contributed by atoms with E-state index in [2.05, 4.69) is 20.6 Å². The average Bonchev–Trinajstić information content (AvgIpc) is 3.08. The fraction of sp³-hybridized carbons (Fsp3) is 0.312. The number of hydrogen-bond acceptors (Lipinski definition) is 5. The van der Waals surface area contributed by atoms with E-state index < -0.39 is 0 Å². The number of carbonyl (C=O) groups excluding carboxylic acids is 1. The van der Waals surface area contributed by atoms with Gasteiger partial charge in [0.2, 0.25) is 0 Å². The molecule has 23 heavy (non-hydrogen) atoms. The minimum Gasteiger partial charge on any atom is -0.376 e. The molecular weight excluding hydrogens is 312 g/mol. The van der Waals surface area contributed by atoms with Crippen molar-refractivity contribution < 1.29 is 9.53 Å². The SMILES string of the molecule is O=C(NCC1CCCO1)Nc1ccnc(Sc2ccccn2)c1. The van der Waals surface area contributed by atoms with Crippen LogP contribution in [0.4, 0.5) is 10.5 Å². The van der Waals surface area contributed by atoms with Crippen molar-refractivity contribution in [1.82, 2.24) is 15.3 Å². The molecule has 2 aromatic rings. The quantitative estimate of drug-likeness (QED) is 0.881. The lowest BCUT2D eigenvalue weighted by molar-refractivity contribution is 0.112. The zero-order valence-electron chi connectivity index (χ0n) is 12.6. The number of urea groups is 1. The van der Waals surface area contributed by atoms with Gasteiger partial charge in [-0.15, -0.1) is 0 Å². The van der Waals surface area contributed by atoms with E-state index in [4.69, 9.17) is 4.74 Å². The molecular formula is C16H18N4O2S. The third-order valence-corrected chi connectivity index (χ3v) is 4.24. The van der Waals surface area contributed by atoms with Crippen LogP contribution in [-0.4, -0.2) is 35.3 Å². The number of aromatic nitrogens is 2. The summed E-state index contributed by atoms with van der Waals surface area (Å²) in [6.07, 6.45) is 5.60. The molecule has 1 saturated heterocycles. The highest BCUT2D eigenvalue weighted by Gasteiger charge is 2.16. The Morgan fingerprint density at radius 3 is 2.96 bits per heavy atom. The van der Waals surface area contributed by atoms with Crippen molar-refractivity contribution in [1.29, 1.82) is 0 Å². The molecule has 120 valence electrons. The summed E-state index contributed by atoms with van der Waals surface area (Å²) in [5.41, 5.74) is 0.697. The lowest BCUT2D eigenvalue weighted by atomic mass is 10.2. The number of pyridine rings is 2. The molecule has 1 fully saturated rings. The lowest BCUT2D eigenvalue weighted by Crippen LogP contribution is -2.35. The van der Waals surface area contributed by atoms with E-state index in [1.807, 2.05) is 24.3 Å². The van der Waals surface area contributed by atoms with Crippen LogP contribution in [0.15, 0.2) is 52.8 Å². The van der Waals surface area contributed by atoms with Gasteiger partial charge in [-0.05, 0) is 37.1 Å². The zero-order valence-corrected chi connectivity index (χ0v) is 13.4. The first kappa shape index (κ1) is 15.8. The maximum atomic E-state index is 11.9. The summed E-state index contributed by atoms with van der Waals surface area (Å²) in [4.78, 5) is 20.5. The Morgan fingerprint density at radius 2 is 2.17 bits per heavy atom. The maximum Gasteiger partial charge on any atom is 0.319 e. The van der Waals surface area contributed by atoms with Crippen LogP contribution in [0.1, 0.15) is 12.8 Å². The minimum atomic E-state index is -0.236. The largest absolute Gasteiger partial charge is 0.376 e. The van der Waals surface area contributed by atoms with Gasteiger partial charge >= 0.3 is 6.03 Å². The Kier molecular flexibility index (Phi) is 5.44. The smallest absolute Gasteiger partial charge is 0.319 e. The zero-order chi connectivity index (χ0) is 15.9. The van der Waals surface area contributed by atoms with E-state index in [-0.39, 0.29) is 12.1 Å². The van der Waals surface area contributed by atoms with Crippen LogP contribution in [0.25, 0.3) is 0 Å². The van der Waals surface area contributed by atoms with E-state index in [9.17, 15) is 4.79 Å². The van der Waals surface area contributed by atoms with Crippen molar-refractivity contribution in [2.24, 2.45) is 0 Å². The summed E-state index contributed by atoms with van der Waals surface area (Å²) in [6.45, 7) is 1.32. The molecule has 0 spiro atoms. The second-order valence-electron chi connectivity index (χ2n) is 5.12. The number of amides is 2. The molecule has 0 aliphatic carbocycles.